The molecule has 0 unspecified atom stereocenters. The highest BCUT2D eigenvalue weighted by Gasteiger charge is 2.14. The lowest BCUT2D eigenvalue weighted by Crippen LogP contribution is -2.20. The Bertz CT molecular complexity index is 747. The molecule has 0 aliphatic rings. The molecule has 0 aliphatic heterocycles. The van der Waals surface area contributed by atoms with Crippen molar-refractivity contribution in [3.05, 3.63) is 53.6 Å². The van der Waals surface area contributed by atoms with Crippen LogP contribution in [0.5, 0.6) is 0 Å². The monoisotopic (exact) mass is 316 g/mol. The van der Waals surface area contributed by atoms with Crippen molar-refractivity contribution in [3.63, 3.8) is 0 Å². The third-order valence-electron chi connectivity index (χ3n) is 3.19. The van der Waals surface area contributed by atoms with Gasteiger partial charge in [-0.25, -0.2) is 4.39 Å². The maximum absolute atomic E-state index is 13.6. The zero-order valence-electron chi connectivity index (χ0n) is 13.1. The Morgan fingerprint density at radius 3 is 2.52 bits per heavy atom. The van der Waals surface area contributed by atoms with Gasteiger partial charge in [0.25, 0.3) is 11.8 Å². The number of hydrogen-bond donors (Lipinski definition) is 2. The van der Waals surface area contributed by atoms with Gasteiger partial charge in [-0.3, -0.25) is 14.6 Å². The van der Waals surface area contributed by atoms with Gasteiger partial charge in [0.05, 0.1) is 5.56 Å². The van der Waals surface area contributed by atoms with E-state index in [1.54, 1.807) is 12.1 Å². The maximum atomic E-state index is 13.6. The van der Waals surface area contributed by atoms with E-state index < -0.39 is 17.6 Å². The van der Waals surface area contributed by atoms with Crippen LogP contribution in [0, 0.1) is 5.82 Å². The highest BCUT2D eigenvalue weighted by molar-refractivity contribution is 6.04. The van der Waals surface area contributed by atoms with E-state index >= 15 is 0 Å². The number of amides is 2. The van der Waals surface area contributed by atoms with E-state index in [9.17, 15) is 14.0 Å². The van der Waals surface area contributed by atoms with Crippen molar-refractivity contribution in [2.45, 2.75) is 0 Å². The molecular formula is C16H17FN4O2. The minimum absolute atomic E-state index is 0.139. The molecule has 0 atom stereocenters. The average Bonchev–Trinajstić information content (AvgIpc) is 2.55. The minimum Gasteiger partial charge on any atom is -0.378 e. The van der Waals surface area contributed by atoms with Gasteiger partial charge < -0.3 is 15.5 Å². The van der Waals surface area contributed by atoms with E-state index in [-0.39, 0.29) is 11.3 Å². The summed E-state index contributed by atoms with van der Waals surface area (Å²) in [7, 11) is 5.11. The topological polar surface area (TPSA) is 74.3 Å². The van der Waals surface area contributed by atoms with Crippen molar-refractivity contribution in [2.75, 3.05) is 31.4 Å². The number of halogens is 1. The first kappa shape index (κ1) is 16.4. The van der Waals surface area contributed by atoms with E-state index in [1.165, 1.54) is 25.4 Å². The standard InChI is InChI=1S/C16H17FN4O2/c1-18-15(22)12-8-10(4-5-13(12)17)20-16(23)14-9-11(21(2)3)6-7-19-14/h4-9H,1-3H3,(H,18,22)(H,20,23). The second-order valence-electron chi connectivity index (χ2n) is 5.02. The largest absolute Gasteiger partial charge is 0.378 e. The number of aromatic nitrogens is 1. The Morgan fingerprint density at radius 2 is 1.87 bits per heavy atom. The van der Waals surface area contributed by atoms with E-state index in [0.717, 1.165) is 11.8 Å². The van der Waals surface area contributed by atoms with Crippen LogP contribution in [0.15, 0.2) is 36.5 Å². The Labute approximate surface area is 133 Å². The predicted molar refractivity (Wildman–Crippen MR) is 86.3 cm³/mol. The Morgan fingerprint density at radius 1 is 1.13 bits per heavy atom. The van der Waals surface area contributed by atoms with Crippen LogP contribution in [-0.4, -0.2) is 37.9 Å². The van der Waals surface area contributed by atoms with E-state index in [4.69, 9.17) is 0 Å². The summed E-state index contributed by atoms with van der Waals surface area (Å²) in [6, 6.07) is 7.21. The van der Waals surface area contributed by atoms with Crippen LogP contribution in [0.1, 0.15) is 20.8 Å². The van der Waals surface area contributed by atoms with Crippen LogP contribution in [-0.2, 0) is 0 Å². The number of pyridine rings is 1. The summed E-state index contributed by atoms with van der Waals surface area (Å²) in [4.78, 5) is 29.7. The molecule has 1 heterocycles. The van der Waals surface area contributed by atoms with Crippen molar-refractivity contribution in [1.29, 1.82) is 0 Å². The molecule has 23 heavy (non-hydrogen) atoms. The molecule has 2 aromatic rings. The second kappa shape index (κ2) is 6.87. The molecule has 1 aromatic heterocycles. The average molecular weight is 316 g/mol. The molecule has 2 N–H and O–H groups in total. The molecule has 0 saturated heterocycles. The normalized spacial score (nSPS) is 10.1. The summed E-state index contributed by atoms with van der Waals surface area (Å²) >= 11 is 0. The Hall–Kier alpha value is -2.96. The molecule has 120 valence electrons. The number of anilines is 2. The summed E-state index contributed by atoms with van der Waals surface area (Å²) in [5.41, 5.74) is 1.23. The van der Waals surface area contributed by atoms with Crippen molar-refractivity contribution >= 4 is 23.2 Å². The number of carbonyl (C=O) groups is 2. The van der Waals surface area contributed by atoms with Gasteiger partial charge >= 0.3 is 0 Å². The quantitative estimate of drug-likeness (QED) is 0.903. The minimum atomic E-state index is -0.657. The van der Waals surface area contributed by atoms with Crippen LogP contribution in [0.4, 0.5) is 15.8 Å². The molecule has 2 rings (SSSR count). The molecule has 7 heteroatoms. The van der Waals surface area contributed by atoms with E-state index in [1.807, 2.05) is 19.0 Å². The lowest BCUT2D eigenvalue weighted by molar-refractivity contribution is 0.0957. The summed E-state index contributed by atoms with van der Waals surface area (Å²) in [5.74, 6) is -1.66. The SMILES string of the molecule is CNC(=O)c1cc(NC(=O)c2cc(N(C)C)ccn2)ccc1F. The fourth-order valence-corrected chi connectivity index (χ4v) is 1.93. The Kier molecular flexibility index (Phi) is 4.90. The zero-order valence-corrected chi connectivity index (χ0v) is 13.1. The zero-order chi connectivity index (χ0) is 17.0. The first-order chi connectivity index (χ1) is 10.9. The van der Waals surface area contributed by atoms with Gasteiger partial charge in [-0.1, -0.05) is 0 Å². The molecule has 0 aliphatic carbocycles. The van der Waals surface area contributed by atoms with Crippen LogP contribution in [0.3, 0.4) is 0 Å². The number of rotatable bonds is 4. The molecule has 2 amide bonds. The van der Waals surface area contributed by atoms with Gasteiger partial charge in [-0.2, -0.15) is 0 Å². The van der Waals surface area contributed by atoms with Crippen LogP contribution in [0.2, 0.25) is 0 Å². The molecular weight excluding hydrogens is 299 g/mol. The first-order valence-corrected chi connectivity index (χ1v) is 6.88. The molecule has 1 aromatic carbocycles. The van der Waals surface area contributed by atoms with Gasteiger partial charge in [0, 0.05) is 38.7 Å². The van der Waals surface area contributed by atoms with Crippen LogP contribution in [0.25, 0.3) is 0 Å². The number of nitrogens with zero attached hydrogens (tertiary/aromatic N) is 2. The van der Waals surface area contributed by atoms with Gasteiger partial charge in [0.15, 0.2) is 0 Å². The van der Waals surface area contributed by atoms with Crippen LogP contribution >= 0.6 is 0 Å². The Balaban J connectivity index is 2.23. The highest BCUT2D eigenvalue weighted by Crippen LogP contribution is 2.17. The number of carbonyl (C=O) groups excluding carboxylic acids is 2. The molecule has 0 radical (unpaired) electrons. The smallest absolute Gasteiger partial charge is 0.274 e. The molecule has 0 saturated carbocycles. The van der Waals surface area contributed by atoms with Crippen molar-refractivity contribution < 1.29 is 14.0 Å². The second-order valence-corrected chi connectivity index (χ2v) is 5.02. The third-order valence-corrected chi connectivity index (χ3v) is 3.19. The van der Waals surface area contributed by atoms with Crippen molar-refractivity contribution in [2.24, 2.45) is 0 Å². The number of benzene rings is 1. The van der Waals surface area contributed by atoms with Crippen LogP contribution < -0.4 is 15.5 Å². The molecule has 0 bridgehead atoms. The highest BCUT2D eigenvalue weighted by atomic mass is 19.1. The maximum Gasteiger partial charge on any atom is 0.274 e. The van der Waals surface area contributed by atoms with Crippen molar-refractivity contribution in [3.8, 4) is 0 Å². The molecule has 0 spiro atoms. The van der Waals surface area contributed by atoms with Gasteiger partial charge in [0.2, 0.25) is 0 Å². The summed E-state index contributed by atoms with van der Waals surface area (Å²) in [5, 5.41) is 4.95. The molecule has 0 fully saturated rings. The summed E-state index contributed by atoms with van der Waals surface area (Å²) in [6.45, 7) is 0. The summed E-state index contributed by atoms with van der Waals surface area (Å²) in [6.07, 6.45) is 1.53. The predicted octanol–water partition coefficient (Wildman–Crippen LogP) is 1.90. The van der Waals surface area contributed by atoms with Crippen molar-refractivity contribution in [1.82, 2.24) is 10.3 Å². The summed E-state index contributed by atoms with van der Waals surface area (Å²) < 4.78 is 13.6. The fraction of sp³-hybridized carbons (Fsp3) is 0.188. The fourth-order valence-electron chi connectivity index (χ4n) is 1.93. The lowest BCUT2D eigenvalue weighted by Gasteiger charge is -2.13. The number of hydrogen-bond acceptors (Lipinski definition) is 4. The first-order valence-electron chi connectivity index (χ1n) is 6.88. The number of nitrogens with one attached hydrogen (secondary N) is 2. The van der Waals surface area contributed by atoms with Gasteiger partial charge in [-0.05, 0) is 30.3 Å². The molecule has 6 nitrogen and oxygen atoms in total. The van der Waals surface area contributed by atoms with Gasteiger partial charge in [-0.15, -0.1) is 0 Å². The van der Waals surface area contributed by atoms with E-state index in [2.05, 4.69) is 15.6 Å². The third kappa shape index (κ3) is 3.82. The lowest BCUT2D eigenvalue weighted by atomic mass is 10.1. The van der Waals surface area contributed by atoms with E-state index in [0.29, 0.717) is 5.69 Å². The van der Waals surface area contributed by atoms with Gasteiger partial charge in [0.1, 0.15) is 11.5 Å².